The Morgan fingerprint density at radius 3 is 2.14 bits per heavy atom. The third kappa shape index (κ3) is 2.72. The fourth-order valence-electron chi connectivity index (χ4n) is 1.12. The molecule has 0 radical (unpaired) electrons. The Bertz CT molecular complexity index is 386. The number of halogens is 1. The summed E-state index contributed by atoms with van der Waals surface area (Å²) in [6, 6.07) is 9.23. The monoisotopic (exact) mass is 232 g/mol. The fourth-order valence-corrected chi connectivity index (χ4v) is 2.42. The zero-order chi connectivity index (χ0) is 10.8. The summed E-state index contributed by atoms with van der Waals surface area (Å²) in [7, 11) is -3.08. The van der Waals surface area contributed by atoms with E-state index in [1.807, 2.05) is 30.3 Å². The Hall–Kier alpha value is -0.540. The molecule has 0 aliphatic carbocycles. The molecule has 0 saturated carbocycles. The van der Waals surface area contributed by atoms with Crippen molar-refractivity contribution >= 4 is 21.4 Å². The quantitative estimate of drug-likeness (QED) is 0.750. The van der Waals surface area contributed by atoms with E-state index in [4.69, 9.17) is 11.6 Å². The van der Waals surface area contributed by atoms with Crippen molar-refractivity contribution in [3.05, 3.63) is 35.9 Å². The number of hydrogen-bond acceptors (Lipinski definition) is 2. The van der Waals surface area contributed by atoms with Gasteiger partial charge in [0.05, 0.1) is 10.6 Å². The molecule has 1 unspecified atom stereocenters. The molecule has 0 heterocycles. The van der Waals surface area contributed by atoms with Gasteiger partial charge in [-0.3, -0.25) is 0 Å². The van der Waals surface area contributed by atoms with Crippen molar-refractivity contribution in [1.29, 1.82) is 0 Å². The van der Waals surface area contributed by atoms with E-state index in [1.54, 1.807) is 6.92 Å². The predicted octanol–water partition coefficient (Wildman–Crippen LogP) is 2.40. The van der Waals surface area contributed by atoms with Gasteiger partial charge in [-0.15, -0.1) is 11.6 Å². The van der Waals surface area contributed by atoms with Gasteiger partial charge in [0, 0.05) is 6.26 Å². The second kappa shape index (κ2) is 4.32. The van der Waals surface area contributed by atoms with Gasteiger partial charge in [0.15, 0.2) is 9.84 Å². The molecule has 4 heteroatoms. The van der Waals surface area contributed by atoms with E-state index in [0.29, 0.717) is 0 Å². The summed E-state index contributed by atoms with van der Waals surface area (Å²) >= 11 is 6.06. The number of rotatable bonds is 3. The molecule has 0 aromatic heterocycles. The van der Waals surface area contributed by atoms with Gasteiger partial charge in [0.25, 0.3) is 0 Å². The Morgan fingerprint density at radius 1 is 1.21 bits per heavy atom. The van der Waals surface area contributed by atoms with Crippen LogP contribution in [0.25, 0.3) is 0 Å². The molecule has 0 amide bonds. The second-order valence-corrected chi connectivity index (χ2v) is 6.22. The van der Waals surface area contributed by atoms with E-state index in [-0.39, 0.29) is 0 Å². The highest BCUT2D eigenvalue weighted by Crippen LogP contribution is 2.27. The van der Waals surface area contributed by atoms with Gasteiger partial charge >= 0.3 is 0 Å². The summed E-state index contributed by atoms with van der Waals surface area (Å²) in [5.74, 6) is 0. The van der Waals surface area contributed by atoms with E-state index in [2.05, 4.69) is 0 Å². The first-order chi connectivity index (χ1) is 6.43. The standard InChI is InChI=1S/C10H13ClO2S/c1-8(14(2,12)13)10(11)9-6-4-3-5-7-9/h3-8,10H,1-2H3/t8?,10-/m0/s1. The topological polar surface area (TPSA) is 34.1 Å². The first kappa shape index (κ1) is 11.5. The number of hydrogen-bond donors (Lipinski definition) is 0. The zero-order valence-electron chi connectivity index (χ0n) is 8.14. The van der Waals surface area contributed by atoms with Gasteiger partial charge < -0.3 is 0 Å². The van der Waals surface area contributed by atoms with Crippen molar-refractivity contribution in [2.45, 2.75) is 17.6 Å². The van der Waals surface area contributed by atoms with Crippen LogP contribution in [0.15, 0.2) is 30.3 Å². The van der Waals surface area contributed by atoms with Crippen molar-refractivity contribution in [3.8, 4) is 0 Å². The van der Waals surface area contributed by atoms with E-state index < -0.39 is 20.5 Å². The minimum absolute atomic E-state index is 0.480. The first-order valence-corrected chi connectivity index (χ1v) is 6.70. The molecule has 0 saturated heterocycles. The second-order valence-electron chi connectivity index (χ2n) is 3.35. The molecular formula is C10H13ClO2S. The molecule has 14 heavy (non-hydrogen) atoms. The molecule has 0 N–H and O–H groups in total. The number of alkyl halides is 1. The average molecular weight is 233 g/mol. The van der Waals surface area contributed by atoms with Crippen LogP contribution >= 0.6 is 11.6 Å². The summed E-state index contributed by atoms with van der Waals surface area (Å²) in [6.45, 7) is 1.62. The lowest BCUT2D eigenvalue weighted by Crippen LogP contribution is -2.21. The van der Waals surface area contributed by atoms with E-state index in [0.717, 1.165) is 5.56 Å². The average Bonchev–Trinajstić information content (AvgIpc) is 2.15. The SMILES string of the molecule is CC([C@H](Cl)c1ccccc1)S(C)(=O)=O. The highest BCUT2D eigenvalue weighted by Gasteiger charge is 2.24. The van der Waals surface area contributed by atoms with Gasteiger partial charge in [-0.25, -0.2) is 8.42 Å². The predicted molar refractivity (Wildman–Crippen MR) is 59.3 cm³/mol. The van der Waals surface area contributed by atoms with Crippen molar-refractivity contribution in [2.24, 2.45) is 0 Å². The zero-order valence-corrected chi connectivity index (χ0v) is 9.72. The molecule has 1 aromatic carbocycles. The van der Waals surface area contributed by atoms with Crippen LogP contribution in [-0.4, -0.2) is 19.9 Å². The number of benzene rings is 1. The maximum Gasteiger partial charge on any atom is 0.151 e. The highest BCUT2D eigenvalue weighted by atomic mass is 35.5. The minimum atomic E-state index is -3.08. The van der Waals surface area contributed by atoms with Crippen LogP contribution in [0.2, 0.25) is 0 Å². The van der Waals surface area contributed by atoms with Crippen LogP contribution in [0, 0.1) is 0 Å². The summed E-state index contributed by atoms with van der Waals surface area (Å²) in [6.07, 6.45) is 1.20. The molecule has 1 rings (SSSR count). The van der Waals surface area contributed by atoms with Gasteiger partial charge in [0.1, 0.15) is 0 Å². The third-order valence-corrected chi connectivity index (χ3v) is 4.61. The smallest absolute Gasteiger partial charge is 0.151 e. The van der Waals surface area contributed by atoms with Gasteiger partial charge in [-0.05, 0) is 12.5 Å². The Kier molecular flexibility index (Phi) is 3.56. The maximum absolute atomic E-state index is 11.3. The Balaban J connectivity index is 2.92. The van der Waals surface area contributed by atoms with Crippen LogP contribution in [-0.2, 0) is 9.84 Å². The summed E-state index contributed by atoms with van der Waals surface area (Å²) < 4.78 is 22.5. The molecule has 0 spiro atoms. The number of sulfone groups is 1. The van der Waals surface area contributed by atoms with Crippen molar-refractivity contribution in [3.63, 3.8) is 0 Å². The van der Waals surface area contributed by atoms with Gasteiger partial charge in [-0.2, -0.15) is 0 Å². The molecule has 0 aliphatic rings. The molecule has 0 fully saturated rings. The largest absolute Gasteiger partial charge is 0.229 e. The molecule has 2 atom stereocenters. The van der Waals surface area contributed by atoms with Crippen LogP contribution in [0.3, 0.4) is 0 Å². The third-order valence-electron chi connectivity index (χ3n) is 2.21. The van der Waals surface area contributed by atoms with E-state index in [1.165, 1.54) is 6.26 Å². The Labute approximate surface area is 89.8 Å². The van der Waals surface area contributed by atoms with Crippen LogP contribution in [0.1, 0.15) is 17.9 Å². The molecule has 2 nitrogen and oxygen atoms in total. The lowest BCUT2D eigenvalue weighted by atomic mass is 10.1. The minimum Gasteiger partial charge on any atom is -0.229 e. The fraction of sp³-hybridized carbons (Fsp3) is 0.400. The first-order valence-electron chi connectivity index (χ1n) is 4.31. The molecule has 78 valence electrons. The normalized spacial score (nSPS) is 16.2. The van der Waals surface area contributed by atoms with E-state index >= 15 is 0 Å². The summed E-state index contributed by atoms with van der Waals surface area (Å²) in [4.78, 5) is 0. The highest BCUT2D eigenvalue weighted by molar-refractivity contribution is 7.91. The Morgan fingerprint density at radius 2 is 1.71 bits per heavy atom. The summed E-state index contributed by atoms with van der Waals surface area (Å²) in [5.41, 5.74) is 0.840. The van der Waals surface area contributed by atoms with Gasteiger partial charge in [0.2, 0.25) is 0 Å². The van der Waals surface area contributed by atoms with Crippen molar-refractivity contribution in [2.75, 3.05) is 6.26 Å². The molecule has 1 aromatic rings. The van der Waals surface area contributed by atoms with Crippen LogP contribution in [0.5, 0.6) is 0 Å². The molecular weight excluding hydrogens is 220 g/mol. The maximum atomic E-state index is 11.3. The van der Waals surface area contributed by atoms with E-state index in [9.17, 15) is 8.42 Å². The van der Waals surface area contributed by atoms with Gasteiger partial charge in [-0.1, -0.05) is 30.3 Å². The van der Waals surface area contributed by atoms with Crippen LogP contribution < -0.4 is 0 Å². The summed E-state index contributed by atoms with van der Waals surface area (Å²) in [5, 5.41) is -1.04. The molecule has 0 bridgehead atoms. The van der Waals surface area contributed by atoms with Crippen LogP contribution in [0.4, 0.5) is 0 Å². The lowest BCUT2D eigenvalue weighted by Gasteiger charge is -2.16. The molecule has 0 aliphatic heterocycles. The lowest BCUT2D eigenvalue weighted by molar-refractivity contribution is 0.587. The van der Waals surface area contributed by atoms with Crippen molar-refractivity contribution in [1.82, 2.24) is 0 Å². The van der Waals surface area contributed by atoms with Crippen molar-refractivity contribution < 1.29 is 8.42 Å².